The molecule has 58 valence electrons. The topological polar surface area (TPSA) is 0 Å². The molecule has 1 atom stereocenters. The molecule has 0 saturated carbocycles. The Morgan fingerprint density at radius 1 is 1.40 bits per heavy atom. The standard InChI is InChI=1S/C9H14.ClH/c1-7-5-4-6-8(2)9(7)3;/h4-5,8H,6H2,1-3H3;1H. The first kappa shape index (κ1) is 9.77. The Morgan fingerprint density at radius 2 is 2.00 bits per heavy atom. The highest BCUT2D eigenvalue weighted by Crippen LogP contribution is 2.23. The van der Waals surface area contributed by atoms with Crippen LogP contribution >= 0.6 is 12.4 Å². The van der Waals surface area contributed by atoms with Crippen molar-refractivity contribution in [3.8, 4) is 0 Å². The van der Waals surface area contributed by atoms with Gasteiger partial charge in [-0.15, -0.1) is 12.4 Å². The van der Waals surface area contributed by atoms with Gasteiger partial charge in [-0.2, -0.15) is 0 Å². The van der Waals surface area contributed by atoms with Crippen LogP contribution in [0.5, 0.6) is 0 Å². The van der Waals surface area contributed by atoms with Gasteiger partial charge in [-0.3, -0.25) is 0 Å². The van der Waals surface area contributed by atoms with Crippen LogP contribution in [0.15, 0.2) is 23.3 Å². The van der Waals surface area contributed by atoms with Crippen molar-refractivity contribution >= 4 is 12.4 Å². The van der Waals surface area contributed by atoms with E-state index in [1.807, 2.05) is 0 Å². The predicted molar refractivity (Wildman–Crippen MR) is 48.5 cm³/mol. The van der Waals surface area contributed by atoms with Gasteiger partial charge in [0.25, 0.3) is 0 Å². The van der Waals surface area contributed by atoms with Gasteiger partial charge in [0.2, 0.25) is 0 Å². The highest BCUT2D eigenvalue weighted by Gasteiger charge is 2.07. The molecule has 0 nitrogen and oxygen atoms in total. The first-order valence-corrected chi connectivity index (χ1v) is 3.55. The molecule has 0 aromatic carbocycles. The second kappa shape index (κ2) is 3.82. The summed E-state index contributed by atoms with van der Waals surface area (Å²) in [7, 11) is 0. The molecule has 0 fully saturated rings. The third-order valence-corrected chi connectivity index (χ3v) is 2.22. The van der Waals surface area contributed by atoms with Crippen molar-refractivity contribution in [3.05, 3.63) is 23.3 Å². The fourth-order valence-corrected chi connectivity index (χ4v) is 1.15. The van der Waals surface area contributed by atoms with Crippen LogP contribution in [0.2, 0.25) is 0 Å². The number of hydrogen-bond donors (Lipinski definition) is 0. The van der Waals surface area contributed by atoms with E-state index in [4.69, 9.17) is 0 Å². The molecule has 0 amide bonds. The fraction of sp³-hybridized carbons (Fsp3) is 0.556. The lowest BCUT2D eigenvalue weighted by Gasteiger charge is -2.15. The zero-order valence-electron chi connectivity index (χ0n) is 6.85. The van der Waals surface area contributed by atoms with Gasteiger partial charge in [0.05, 0.1) is 0 Å². The minimum atomic E-state index is 0. The smallest absolute Gasteiger partial charge is 0.0194 e. The average molecular weight is 159 g/mol. The normalized spacial score (nSPS) is 24.5. The van der Waals surface area contributed by atoms with Crippen LogP contribution in [0.25, 0.3) is 0 Å². The van der Waals surface area contributed by atoms with Gasteiger partial charge < -0.3 is 0 Å². The lowest BCUT2D eigenvalue weighted by molar-refractivity contribution is 0.678. The Hall–Kier alpha value is -0.230. The maximum Gasteiger partial charge on any atom is -0.0194 e. The molecule has 0 spiro atoms. The van der Waals surface area contributed by atoms with Crippen molar-refractivity contribution in [2.45, 2.75) is 27.2 Å². The molecule has 0 aromatic heterocycles. The van der Waals surface area contributed by atoms with Crippen molar-refractivity contribution in [2.75, 3.05) is 0 Å². The van der Waals surface area contributed by atoms with Crippen LogP contribution in [-0.4, -0.2) is 0 Å². The lowest BCUT2D eigenvalue weighted by Crippen LogP contribution is -2.00. The summed E-state index contributed by atoms with van der Waals surface area (Å²) in [4.78, 5) is 0. The summed E-state index contributed by atoms with van der Waals surface area (Å²) in [5, 5.41) is 0. The highest BCUT2D eigenvalue weighted by molar-refractivity contribution is 5.85. The molecule has 0 saturated heterocycles. The van der Waals surface area contributed by atoms with Crippen LogP contribution < -0.4 is 0 Å². The number of rotatable bonds is 0. The zero-order valence-corrected chi connectivity index (χ0v) is 7.66. The largest absolute Gasteiger partial charge is 0.147 e. The van der Waals surface area contributed by atoms with E-state index in [-0.39, 0.29) is 12.4 Å². The van der Waals surface area contributed by atoms with Gasteiger partial charge in [-0.25, -0.2) is 0 Å². The Kier molecular flexibility index (Phi) is 3.73. The number of allylic oxidation sites excluding steroid dienone is 4. The maximum absolute atomic E-state index is 2.28. The molecule has 0 aromatic rings. The molecule has 0 N–H and O–H groups in total. The van der Waals surface area contributed by atoms with E-state index in [1.54, 1.807) is 5.57 Å². The molecule has 1 unspecified atom stereocenters. The Bertz CT molecular complexity index is 166. The molecule has 0 bridgehead atoms. The molecule has 10 heavy (non-hydrogen) atoms. The number of hydrogen-bond acceptors (Lipinski definition) is 0. The van der Waals surface area contributed by atoms with Crippen molar-refractivity contribution in [2.24, 2.45) is 5.92 Å². The van der Waals surface area contributed by atoms with E-state index < -0.39 is 0 Å². The van der Waals surface area contributed by atoms with Gasteiger partial charge in [0, 0.05) is 0 Å². The zero-order chi connectivity index (χ0) is 6.85. The second-order valence-electron chi connectivity index (χ2n) is 2.91. The van der Waals surface area contributed by atoms with Crippen LogP contribution in [0, 0.1) is 5.92 Å². The third-order valence-electron chi connectivity index (χ3n) is 2.22. The van der Waals surface area contributed by atoms with Crippen LogP contribution in [-0.2, 0) is 0 Å². The molecule has 0 heterocycles. The minimum absolute atomic E-state index is 0. The Labute approximate surface area is 69.4 Å². The monoisotopic (exact) mass is 158 g/mol. The van der Waals surface area contributed by atoms with Crippen molar-refractivity contribution < 1.29 is 0 Å². The quantitative estimate of drug-likeness (QED) is 0.507. The van der Waals surface area contributed by atoms with E-state index in [2.05, 4.69) is 32.9 Å². The van der Waals surface area contributed by atoms with E-state index in [1.165, 1.54) is 12.0 Å². The summed E-state index contributed by atoms with van der Waals surface area (Å²) in [6.45, 7) is 6.69. The molecule has 1 aliphatic carbocycles. The highest BCUT2D eigenvalue weighted by atomic mass is 35.5. The molecular formula is C9H15Cl. The second-order valence-corrected chi connectivity index (χ2v) is 2.91. The first-order chi connectivity index (χ1) is 4.22. The minimum Gasteiger partial charge on any atom is -0.147 e. The molecule has 0 radical (unpaired) electrons. The van der Waals surface area contributed by atoms with Crippen LogP contribution in [0.3, 0.4) is 0 Å². The molecule has 1 heteroatoms. The maximum atomic E-state index is 2.28. The number of halogens is 1. The van der Waals surface area contributed by atoms with E-state index >= 15 is 0 Å². The Morgan fingerprint density at radius 3 is 2.40 bits per heavy atom. The van der Waals surface area contributed by atoms with E-state index in [0.717, 1.165) is 5.92 Å². The average Bonchev–Trinajstić information content (AvgIpc) is 1.83. The van der Waals surface area contributed by atoms with Gasteiger partial charge >= 0.3 is 0 Å². The molecular weight excluding hydrogens is 144 g/mol. The molecule has 1 rings (SSSR count). The Balaban J connectivity index is 0.000000810. The van der Waals surface area contributed by atoms with Crippen LogP contribution in [0.1, 0.15) is 27.2 Å². The summed E-state index contributed by atoms with van der Waals surface area (Å²) in [5.74, 6) is 0.773. The van der Waals surface area contributed by atoms with Gasteiger partial charge in [-0.05, 0) is 26.2 Å². The fourth-order valence-electron chi connectivity index (χ4n) is 1.15. The third kappa shape index (κ3) is 1.88. The summed E-state index contributed by atoms with van der Waals surface area (Å²) >= 11 is 0. The SMILES string of the molecule is CC1=C(C)C(C)CC=C1.Cl. The predicted octanol–water partition coefficient (Wildman–Crippen LogP) is 3.34. The van der Waals surface area contributed by atoms with Gasteiger partial charge in [0.15, 0.2) is 0 Å². The lowest BCUT2D eigenvalue weighted by atomic mass is 9.90. The first-order valence-electron chi connectivity index (χ1n) is 3.55. The van der Waals surface area contributed by atoms with Crippen molar-refractivity contribution in [3.63, 3.8) is 0 Å². The molecule has 1 aliphatic rings. The summed E-state index contributed by atoms with van der Waals surface area (Å²) in [6.07, 6.45) is 5.70. The van der Waals surface area contributed by atoms with Gasteiger partial charge in [-0.1, -0.05) is 30.2 Å². The summed E-state index contributed by atoms with van der Waals surface area (Å²) in [6, 6.07) is 0. The van der Waals surface area contributed by atoms with Crippen molar-refractivity contribution in [1.29, 1.82) is 0 Å². The van der Waals surface area contributed by atoms with E-state index in [9.17, 15) is 0 Å². The van der Waals surface area contributed by atoms with Crippen molar-refractivity contribution in [1.82, 2.24) is 0 Å². The van der Waals surface area contributed by atoms with Crippen LogP contribution in [0.4, 0.5) is 0 Å². The van der Waals surface area contributed by atoms with Gasteiger partial charge in [0.1, 0.15) is 0 Å². The summed E-state index contributed by atoms with van der Waals surface area (Å²) in [5.41, 5.74) is 3.01. The molecule has 0 aliphatic heterocycles. The summed E-state index contributed by atoms with van der Waals surface area (Å²) < 4.78 is 0. The van der Waals surface area contributed by atoms with E-state index in [0.29, 0.717) is 0 Å².